The second-order valence-corrected chi connectivity index (χ2v) is 8.18. The highest BCUT2D eigenvalue weighted by Gasteiger charge is 2.41. The van der Waals surface area contributed by atoms with Crippen LogP contribution in [0.2, 0.25) is 0 Å². The van der Waals surface area contributed by atoms with E-state index in [2.05, 4.69) is 12.1 Å². The molecule has 2 N–H and O–H groups in total. The fraction of sp³-hybridized carbons (Fsp3) is 0.0833. The minimum atomic E-state index is -0.632. The molecule has 3 heterocycles. The maximum absolute atomic E-state index is 10.0. The predicted molar refractivity (Wildman–Crippen MR) is 116 cm³/mol. The third-order valence-corrected chi connectivity index (χ3v) is 6.49. The molecule has 5 nitrogen and oxygen atoms in total. The molecule has 3 aromatic rings. The number of hydrogen-bond acceptors (Lipinski definition) is 6. The summed E-state index contributed by atoms with van der Waals surface area (Å²) in [4.78, 5) is 2.80. The number of hydrogen-bond donors (Lipinski definition) is 1. The van der Waals surface area contributed by atoms with Gasteiger partial charge < -0.3 is 10.2 Å². The van der Waals surface area contributed by atoms with E-state index in [1.807, 2.05) is 67.6 Å². The molecule has 0 saturated carbocycles. The molecule has 1 unspecified atom stereocenters. The summed E-state index contributed by atoms with van der Waals surface area (Å²) in [6, 6.07) is 24.0. The van der Waals surface area contributed by atoms with Crippen LogP contribution < -0.4 is 10.6 Å². The summed E-state index contributed by atoms with van der Waals surface area (Å²) in [6.45, 7) is 2.03. The number of nitriles is 2. The van der Waals surface area contributed by atoms with Crippen LogP contribution in [0, 0.1) is 29.6 Å². The average molecular weight is 408 g/mol. The molecule has 0 aliphatic carbocycles. The lowest BCUT2D eigenvalue weighted by atomic mass is 9.87. The largest absolute Gasteiger partial charge is 0.460 e. The van der Waals surface area contributed by atoms with Gasteiger partial charge in [0.15, 0.2) is 0 Å². The van der Waals surface area contributed by atoms with Crippen LogP contribution in [-0.4, -0.2) is 0 Å². The summed E-state index contributed by atoms with van der Waals surface area (Å²) < 4.78 is 6.13. The summed E-state index contributed by atoms with van der Waals surface area (Å²) in [5, 5.41) is 20.7. The lowest BCUT2D eigenvalue weighted by Crippen LogP contribution is -2.32. The van der Waals surface area contributed by atoms with E-state index in [0.29, 0.717) is 28.5 Å². The van der Waals surface area contributed by atoms with Crippen molar-refractivity contribution in [2.75, 3.05) is 4.90 Å². The van der Waals surface area contributed by atoms with Crippen molar-refractivity contribution in [3.8, 4) is 23.5 Å². The molecule has 30 heavy (non-hydrogen) atoms. The molecule has 2 aliphatic rings. The van der Waals surface area contributed by atoms with Gasteiger partial charge >= 0.3 is 0 Å². The number of nitrogens with two attached hydrogens (primary N) is 1. The van der Waals surface area contributed by atoms with E-state index in [1.165, 1.54) is 11.8 Å². The highest BCUT2D eigenvalue weighted by atomic mass is 32.2. The first-order valence-electron chi connectivity index (χ1n) is 9.40. The number of anilines is 1. The summed E-state index contributed by atoms with van der Waals surface area (Å²) in [6.07, 6.45) is 0. The molecular formula is C24H16N4OS. The zero-order chi connectivity index (χ0) is 20.8. The first-order chi connectivity index (χ1) is 14.6. The minimum absolute atomic E-state index is 0.317. The van der Waals surface area contributed by atoms with E-state index >= 15 is 0 Å². The van der Waals surface area contributed by atoms with Crippen LogP contribution in [0.3, 0.4) is 0 Å². The molecule has 2 aliphatic heterocycles. The number of para-hydroxylation sites is 1. The SMILES string of the molecule is Cc1ccc(-c2ccc(C3C(C#N)=C(N)N4C(=C3C#N)Sc3ccccc34)o2)cc1. The van der Waals surface area contributed by atoms with Crippen LogP contribution in [0.25, 0.3) is 11.3 Å². The molecule has 1 aromatic heterocycles. The molecule has 0 fully saturated rings. The molecule has 5 rings (SSSR count). The number of allylic oxidation sites excluding steroid dienone is 2. The third kappa shape index (κ3) is 2.62. The highest BCUT2D eigenvalue weighted by Crippen LogP contribution is 2.54. The Morgan fingerprint density at radius 3 is 2.43 bits per heavy atom. The third-order valence-electron chi connectivity index (χ3n) is 5.33. The van der Waals surface area contributed by atoms with Gasteiger partial charge in [-0.15, -0.1) is 0 Å². The van der Waals surface area contributed by atoms with Crippen molar-refractivity contribution in [1.82, 2.24) is 0 Å². The Morgan fingerprint density at radius 2 is 1.70 bits per heavy atom. The van der Waals surface area contributed by atoms with Crippen LogP contribution in [0.5, 0.6) is 0 Å². The Labute approximate surface area is 178 Å². The highest BCUT2D eigenvalue weighted by molar-refractivity contribution is 8.03. The number of fused-ring (bicyclic) bond motifs is 3. The van der Waals surface area contributed by atoms with E-state index in [4.69, 9.17) is 10.2 Å². The maximum atomic E-state index is 10.0. The number of benzene rings is 2. The van der Waals surface area contributed by atoms with Crippen molar-refractivity contribution in [1.29, 1.82) is 10.5 Å². The number of aryl methyl sites for hydroxylation is 1. The molecule has 6 heteroatoms. The van der Waals surface area contributed by atoms with Gasteiger partial charge in [0.1, 0.15) is 22.4 Å². The number of nitrogens with zero attached hydrogens (tertiary/aromatic N) is 3. The fourth-order valence-electron chi connectivity index (χ4n) is 3.84. The van der Waals surface area contributed by atoms with Gasteiger partial charge in [0.05, 0.1) is 34.9 Å². The summed E-state index contributed by atoms with van der Waals surface area (Å²) in [7, 11) is 0. The van der Waals surface area contributed by atoms with Crippen LogP contribution in [0.4, 0.5) is 5.69 Å². The number of furan rings is 1. The fourth-order valence-corrected chi connectivity index (χ4v) is 5.02. The van der Waals surface area contributed by atoms with E-state index in [9.17, 15) is 10.5 Å². The van der Waals surface area contributed by atoms with Crippen LogP contribution in [-0.2, 0) is 0 Å². The second kappa shape index (κ2) is 6.88. The lowest BCUT2D eigenvalue weighted by Gasteiger charge is -2.30. The molecular weight excluding hydrogens is 392 g/mol. The van der Waals surface area contributed by atoms with E-state index in [-0.39, 0.29) is 0 Å². The van der Waals surface area contributed by atoms with Crippen molar-refractivity contribution in [2.45, 2.75) is 17.7 Å². The lowest BCUT2D eigenvalue weighted by molar-refractivity contribution is 0.513. The average Bonchev–Trinajstić information content (AvgIpc) is 3.39. The zero-order valence-corrected chi connectivity index (χ0v) is 16.9. The van der Waals surface area contributed by atoms with Gasteiger partial charge in [-0.1, -0.05) is 53.7 Å². The van der Waals surface area contributed by atoms with Gasteiger partial charge in [-0.25, -0.2) is 0 Å². The van der Waals surface area contributed by atoms with Crippen molar-refractivity contribution < 1.29 is 4.42 Å². The normalized spacial score (nSPS) is 17.4. The minimum Gasteiger partial charge on any atom is -0.460 e. The Kier molecular flexibility index (Phi) is 4.17. The molecule has 0 spiro atoms. The standard InChI is InChI=1S/C24H16N4OS/c1-14-6-8-15(9-7-14)19-10-11-20(29-19)22-16(12-25)23(27)28-18-4-2-3-5-21(18)30-24(28)17(22)13-26/h2-11,22H,27H2,1H3. The molecule has 0 radical (unpaired) electrons. The van der Waals surface area contributed by atoms with Crippen molar-refractivity contribution in [2.24, 2.45) is 5.73 Å². The van der Waals surface area contributed by atoms with E-state index < -0.39 is 5.92 Å². The molecule has 0 bridgehead atoms. The van der Waals surface area contributed by atoms with Gasteiger partial charge in [-0.2, -0.15) is 10.5 Å². The van der Waals surface area contributed by atoms with Crippen molar-refractivity contribution >= 4 is 17.4 Å². The topological polar surface area (TPSA) is 90.0 Å². The van der Waals surface area contributed by atoms with Gasteiger partial charge in [0.25, 0.3) is 0 Å². The molecule has 0 amide bonds. The zero-order valence-electron chi connectivity index (χ0n) is 16.1. The molecule has 2 aromatic carbocycles. The summed E-state index contributed by atoms with van der Waals surface area (Å²) in [5.74, 6) is 0.924. The van der Waals surface area contributed by atoms with E-state index in [0.717, 1.165) is 26.7 Å². The Bertz CT molecular complexity index is 1320. The van der Waals surface area contributed by atoms with Crippen LogP contribution in [0.15, 0.2) is 92.0 Å². The predicted octanol–water partition coefficient (Wildman–Crippen LogP) is 5.39. The van der Waals surface area contributed by atoms with Crippen molar-refractivity contribution in [3.63, 3.8) is 0 Å². The monoisotopic (exact) mass is 408 g/mol. The second-order valence-electron chi connectivity index (χ2n) is 7.15. The Hall–Kier alpha value is -3.87. The summed E-state index contributed by atoms with van der Waals surface area (Å²) in [5.41, 5.74) is 10.2. The number of thioether (sulfide) groups is 1. The van der Waals surface area contributed by atoms with Gasteiger partial charge in [0, 0.05) is 10.5 Å². The first kappa shape index (κ1) is 18.2. The Morgan fingerprint density at radius 1 is 0.967 bits per heavy atom. The van der Waals surface area contributed by atoms with Crippen LogP contribution in [0.1, 0.15) is 17.2 Å². The molecule has 144 valence electrons. The van der Waals surface area contributed by atoms with Crippen molar-refractivity contribution in [3.05, 3.63) is 94.0 Å². The maximum Gasteiger partial charge on any atom is 0.134 e. The van der Waals surface area contributed by atoms with Gasteiger partial charge in [-0.3, -0.25) is 4.90 Å². The molecule has 1 atom stereocenters. The molecule has 0 saturated heterocycles. The first-order valence-corrected chi connectivity index (χ1v) is 10.2. The summed E-state index contributed by atoms with van der Waals surface area (Å²) >= 11 is 1.49. The van der Waals surface area contributed by atoms with Gasteiger partial charge in [0.2, 0.25) is 0 Å². The Balaban J connectivity index is 1.65. The quantitative estimate of drug-likeness (QED) is 0.611. The van der Waals surface area contributed by atoms with E-state index in [1.54, 1.807) is 4.90 Å². The smallest absolute Gasteiger partial charge is 0.134 e. The number of rotatable bonds is 2. The van der Waals surface area contributed by atoms with Crippen LogP contribution >= 0.6 is 11.8 Å². The van der Waals surface area contributed by atoms with Gasteiger partial charge in [-0.05, 0) is 31.2 Å².